The standard InChI is InChI=1S/C11H17N3S/c1-8-6-12-11(15)14(8)10-4-5-13(7-10)9-2-3-9/h6,9-10H,2-5,7H2,1H3,(H,12,15). The quantitative estimate of drug-likeness (QED) is 0.778. The molecule has 1 aromatic rings. The number of nitrogens with zero attached hydrogens (tertiary/aromatic N) is 2. The maximum Gasteiger partial charge on any atom is 0.177 e. The van der Waals surface area contributed by atoms with E-state index < -0.39 is 0 Å². The maximum atomic E-state index is 5.32. The highest BCUT2D eigenvalue weighted by molar-refractivity contribution is 7.71. The lowest BCUT2D eigenvalue weighted by atomic mass is 10.2. The van der Waals surface area contributed by atoms with Crippen LogP contribution in [0, 0.1) is 11.7 Å². The van der Waals surface area contributed by atoms with Crippen LogP contribution in [-0.4, -0.2) is 33.6 Å². The Labute approximate surface area is 95.1 Å². The molecule has 1 aliphatic heterocycles. The molecule has 15 heavy (non-hydrogen) atoms. The van der Waals surface area contributed by atoms with Gasteiger partial charge in [-0.3, -0.25) is 4.90 Å². The molecule has 82 valence electrons. The fraction of sp³-hybridized carbons (Fsp3) is 0.727. The van der Waals surface area contributed by atoms with Crippen LogP contribution in [0.3, 0.4) is 0 Å². The topological polar surface area (TPSA) is 24.0 Å². The van der Waals surface area contributed by atoms with Crippen LogP contribution in [0.5, 0.6) is 0 Å². The number of rotatable bonds is 2. The van der Waals surface area contributed by atoms with E-state index in [0.29, 0.717) is 6.04 Å². The zero-order valence-corrected chi connectivity index (χ0v) is 9.89. The Kier molecular flexibility index (Phi) is 2.21. The highest BCUT2D eigenvalue weighted by atomic mass is 32.1. The number of imidazole rings is 1. The lowest BCUT2D eigenvalue weighted by Gasteiger charge is -2.16. The monoisotopic (exact) mass is 223 g/mol. The molecule has 0 amide bonds. The second-order valence-electron chi connectivity index (χ2n) is 4.77. The lowest BCUT2D eigenvalue weighted by Crippen LogP contribution is -2.24. The number of H-pyrrole nitrogens is 1. The molecular formula is C11H17N3S. The van der Waals surface area contributed by atoms with Crippen LogP contribution in [0.1, 0.15) is 31.0 Å². The smallest absolute Gasteiger partial charge is 0.177 e. The van der Waals surface area contributed by atoms with Gasteiger partial charge in [0.15, 0.2) is 4.77 Å². The van der Waals surface area contributed by atoms with Crippen molar-refractivity contribution in [3.05, 3.63) is 16.7 Å². The van der Waals surface area contributed by atoms with Crippen molar-refractivity contribution in [2.45, 2.75) is 38.3 Å². The van der Waals surface area contributed by atoms with Gasteiger partial charge in [0.2, 0.25) is 0 Å². The molecule has 1 N–H and O–H groups in total. The molecule has 1 saturated carbocycles. The molecule has 0 aromatic carbocycles. The number of nitrogens with one attached hydrogen (secondary N) is 1. The summed E-state index contributed by atoms with van der Waals surface area (Å²) in [5.74, 6) is 0. The van der Waals surface area contributed by atoms with Gasteiger partial charge in [-0.2, -0.15) is 0 Å². The van der Waals surface area contributed by atoms with E-state index >= 15 is 0 Å². The molecule has 1 atom stereocenters. The molecule has 1 aliphatic carbocycles. The maximum absolute atomic E-state index is 5.32. The van der Waals surface area contributed by atoms with Gasteiger partial charge in [0.25, 0.3) is 0 Å². The normalized spacial score (nSPS) is 27.4. The molecule has 2 aliphatic rings. The van der Waals surface area contributed by atoms with Crippen molar-refractivity contribution in [2.24, 2.45) is 0 Å². The predicted octanol–water partition coefficient (Wildman–Crippen LogP) is 2.26. The molecule has 2 heterocycles. The van der Waals surface area contributed by atoms with Crippen molar-refractivity contribution in [2.75, 3.05) is 13.1 Å². The Bertz CT molecular complexity index is 416. The number of aryl methyl sites for hydroxylation is 1. The van der Waals surface area contributed by atoms with Crippen LogP contribution in [0.4, 0.5) is 0 Å². The Morgan fingerprint density at radius 1 is 1.33 bits per heavy atom. The first kappa shape index (κ1) is 9.60. The fourth-order valence-corrected chi connectivity index (χ4v) is 3.02. The van der Waals surface area contributed by atoms with Crippen molar-refractivity contribution in [3.63, 3.8) is 0 Å². The summed E-state index contributed by atoms with van der Waals surface area (Å²) in [4.78, 5) is 5.76. The second kappa shape index (κ2) is 3.46. The largest absolute Gasteiger partial charge is 0.337 e. The molecular weight excluding hydrogens is 206 g/mol. The van der Waals surface area contributed by atoms with Gasteiger partial charge in [0.05, 0.1) is 6.04 Å². The highest BCUT2D eigenvalue weighted by Crippen LogP contribution is 2.33. The van der Waals surface area contributed by atoms with Gasteiger partial charge in [0.1, 0.15) is 0 Å². The van der Waals surface area contributed by atoms with Gasteiger partial charge in [-0.05, 0) is 38.4 Å². The average molecular weight is 223 g/mol. The third kappa shape index (κ3) is 1.66. The van der Waals surface area contributed by atoms with Crippen LogP contribution in [0.25, 0.3) is 0 Å². The molecule has 0 radical (unpaired) electrons. The van der Waals surface area contributed by atoms with Gasteiger partial charge in [-0.15, -0.1) is 0 Å². The number of hydrogen-bond donors (Lipinski definition) is 1. The predicted molar refractivity (Wildman–Crippen MR) is 62.6 cm³/mol. The third-order valence-electron chi connectivity index (χ3n) is 3.63. The van der Waals surface area contributed by atoms with Gasteiger partial charge < -0.3 is 9.55 Å². The van der Waals surface area contributed by atoms with Crippen molar-refractivity contribution in [3.8, 4) is 0 Å². The van der Waals surface area contributed by atoms with Crippen LogP contribution in [0.15, 0.2) is 6.20 Å². The summed E-state index contributed by atoms with van der Waals surface area (Å²) < 4.78 is 3.17. The SMILES string of the molecule is Cc1c[nH]c(=S)n1C1CCN(C2CC2)C1. The van der Waals surface area contributed by atoms with Crippen LogP contribution < -0.4 is 0 Å². The molecule has 1 aromatic heterocycles. The Morgan fingerprint density at radius 3 is 2.73 bits per heavy atom. The first-order valence-electron chi connectivity index (χ1n) is 5.76. The van der Waals surface area contributed by atoms with Gasteiger partial charge in [-0.1, -0.05) is 0 Å². The fourth-order valence-electron chi connectivity index (χ4n) is 2.67. The molecule has 1 unspecified atom stereocenters. The molecule has 0 spiro atoms. The molecule has 4 heteroatoms. The summed E-state index contributed by atoms with van der Waals surface area (Å²) in [6.07, 6.45) is 6.08. The van der Waals surface area contributed by atoms with Crippen LogP contribution in [-0.2, 0) is 0 Å². The Morgan fingerprint density at radius 2 is 2.13 bits per heavy atom. The Hall–Kier alpha value is -0.610. The minimum absolute atomic E-state index is 0.601. The summed E-state index contributed by atoms with van der Waals surface area (Å²) in [5, 5.41) is 0. The molecule has 2 fully saturated rings. The van der Waals surface area contributed by atoms with Gasteiger partial charge in [0, 0.05) is 31.0 Å². The highest BCUT2D eigenvalue weighted by Gasteiger charge is 2.35. The number of likely N-dealkylation sites (tertiary alicyclic amines) is 1. The van der Waals surface area contributed by atoms with E-state index in [9.17, 15) is 0 Å². The first-order chi connectivity index (χ1) is 7.25. The first-order valence-corrected chi connectivity index (χ1v) is 6.17. The van der Waals surface area contributed by atoms with Gasteiger partial charge in [-0.25, -0.2) is 0 Å². The van der Waals surface area contributed by atoms with E-state index in [1.54, 1.807) is 0 Å². The summed E-state index contributed by atoms with van der Waals surface area (Å²) >= 11 is 5.32. The van der Waals surface area contributed by atoms with E-state index in [-0.39, 0.29) is 0 Å². The summed E-state index contributed by atoms with van der Waals surface area (Å²) in [6.45, 7) is 4.57. The van der Waals surface area contributed by atoms with E-state index in [0.717, 1.165) is 10.8 Å². The number of hydrogen-bond acceptors (Lipinski definition) is 2. The summed E-state index contributed by atoms with van der Waals surface area (Å²) in [6, 6.07) is 1.49. The zero-order chi connectivity index (χ0) is 10.4. The van der Waals surface area contributed by atoms with Gasteiger partial charge >= 0.3 is 0 Å². The molecule has 0 bridgehead atoms. The minimum atomic E-state index is 0.601. The van der Waals surface area contributed by atoms with E-state index in [1.807, 2.05) is 6.20 Å². The van der Waals surface area contributed by atoms with E-state index in [4.69, 9.17) is 12.2 Å². The van der Waals surface area contributed by atoms with E-state index in [2.05, 4.69) is 21.4 Å². The average Bonchev–Trinajstić information content (AvgIpc) is 2.87. The number of aromatic nitrogens is 2. The van der Waals surface area contributed by atoms with Crippen molar-refractivity contribution >= 4 is 12.2 Å². The zero-order valence-electron chi connectivity index (χ0n) is 9.07. The second-order valence-corrected chi connectivity index (χ2v) is 5.16. The summed E-state index contributed by atoms with van der Waals surface area (Å²) in [5.41, 5.74) is 1.27. The lowest BCUT2D eigenvalue weighted by molar-refractivity contribution is 0.312. The Balaban J connectivity index is 1.81. The molecule has 3 nitrogen and oxygen atoms in total. The number of aromatic amines is 1. The molecule has 3 rings (SSSR count). The van der Waals surface area contributed by atoms with Crippen molar-refractivity contribution in [1.82, 2.24) is 14.5 Å². The third-order valence-corrected chi connectivity index (χ3v) is 3.94. The van der Waals surface area contributed by atoms with E-state index in [1.165, 1.54) is 38.0 Å². The summed E-state index contributed by atoms with van der Waals surface area (Å²) in [7, 11) is 0. The van der Waals surface area contributed by atoms with Crippen LogP contribution in [0.2, 0.25) is 0 Å². The van der Waals surface area contributed by atoms with Crippen molar-refractivity contribution in [1.29, 1.82) is 0 Å². The minimum Gasteiger partial charge on any atom is -0.337 e. The van der Waals surface area contributed by atoms with Crippen LogP contribution >= 0.6 is 12.2 Å². The molecule has 1 saturated heterocycles. The van der Waals surface area contributed by atoms with Crippen molar-refractivity contribution < 1.29 is 0 Å².